The van der Waals surface area contributed by atoms with Crippen molar-refractivity contribution in [2.45, 2.75) is 19.8 Å². The first kappa shape index (κ1) is 12.2. The Kier molecular flexibility index (Phi) is 5.05. The van der Waals surface area contributed by atoms with Gasteiger partial charge in [-0.2, -0.15) is 0 Å². The molecule has 0 bridgehead atoms. The van der Waals surface area contributed by atoms with E-state index in [-0.39, 0.29) is 5.71 Å². The second-order valence-corrected chi connectivity index (χ2v) is 3.32. The van der Waals surface area contributed by atoms with Crippen molar-refractivity contribution in [2.24, 2.45) is 5.16 Å². The Morgan fingerprint density at radius 2 is 2.06 bits per heavy atom. The predicted molar refractivity (Wildman–Crippen MR) is 61.9 cm³/mol. The van der Waals surface area contributed by atoms with Crippen LogP contribution in [0.4, 0.5) is 0 Å². The lowest BCUT2D eigenvalue weighted by molar-refractivity contribution is -0.112. The number of benzene rings is 1. The van der Waals surface area contributed by atoms with Crippen LogP contribution in [0.2, 0.25) is 0 Å². The molecule has 85 valence electrons. The Labute approximate surface area is 95.1 Å². The number of hydrogen-bond acceptors (Lipinski definition) is 3. The van der Waals surface area contributed by atoms with Crippen molar-refractivity contribution in [3.8, 4) is 0 Å². The predicted octanol–water partition coefficient (Wildman–Crippen LogP) is 2.02. The van der Waals surface area contributed by atoms with E-state index in [1.54, 1.807) is 24.3 Å². The molecule has 0 aliphatic heterocycles. The van der Waals surface area contributed by atoms with E-state index in [4.69, 9.17) is 10.6 Å². The minimum Gasteiger partial charge on any atom is -0.395 e. The van der Waals surface area contributed by atoms with Crippen molar-refractivity contribution in [1.29, 1.82) is 0 Å². The molecule has 0 aromatic heterocycles. The third-order valence-corrected chi connectivity index (χ3v) is 2.01. The van der Waals surface area contributed by atoms with Gasteiger partial charge in [-0.1, -0.05) is 48.8 Å². The molecule has 1 amide bonds. The van der Waals surface area contributed by atoms with Gasteiger partial charge >= 0.3 is 0 Å². The standard InChI is InChI=1S/C12H15N2O2/c1-2-3-9-16-14-11(12(13)15)10-7-5-4-6-8-10/h4-8,13H,2-3,9H2,1H3/b14-11+. The maximum atomic E-state index is 11.1. The molecule has 0 unspecified atom stereocenters. The number of nitrogens with one attached hydrogen (secondary N) is 1. The summed E-state index contributed by atoms with van der Waals surface area (Å²) in [6, 6.07) is 8.88. The number of rotatable bonds is 6. The molecule has 0 spiro atoms. The lowest BCUT2D eigenvalue weighted by atomic mass is 10.1. The maximum Gasteiger partial charge on any atom is 0.292 e. The van der Waals surface area contributed by atoms with Gasteiger partial charge in [0.15, 0.2) is 5.71 Å². The molecule has 0 atom stereocenters. The van der Waals surface area contributed by atoms with Crippen LogP contribution in [0.5, 0.6) is 0 Å². The van der Waals surface area contributed by atoms with Crippen LogP contribution in [0, 0.1) is 0 Å². The van der Waals surface area contributed by atoms with E-state index in [1.165, 1.54) is 0 Å². The lowest BCUT2D eigenvalue weighted by Crippen LogP contribution is -2.16. The molecule has 16 heavy (non-hydrogen) atoms. The van der Waals surface area contributed by atoms with Crippen LogP contribution in [0.3, 0.4) is 0 Å². The van der Waals surface area contributed by atoms with Gasteiger partial charge in [-0.15, -0.1) is 0 Å². The molecular weight excluding hydrogens is 204 g/mol. The minimum absolute atomic E-state index is 0.0525. The van der Waals surface area contributed by atoms with Crippen LogP contribution >= 0.6 is 0 Å². The number of amides is 1. The van der Waals surface area contributed by atoms with Crippen molar-refractivity contribution in [3.05, 3.63) is 35.9 Å². The molecule has 0 saturated heterocycles. The topological polar surface area (TPSA) is 62.5 Å². The summed E-state index contributed by atoms with van der Waals surface area (Å²) in [6.45, 7) is 2.51. The normalized spacial score (nSPS) is 11.2. The number of nitrogens with zero attached hydrogens (tertiary/aromatic N) is 1. The summed E-state index contributed by atoms with van der Waals surface area (Å²) < 4.78 is 0. The van der Waals surface area contributed by atoms with Crippen molar-refractivity contribution < 1.29 is 9.63 Å². The lowest BCUT2D eigenvalue weighted by Gasteiger charge is -2.02. The monoisotopic (exact) mass is 219 g/mol. The van der Waals surface area contributed by atoms with Crippen molar-refractivity contribution in [3.63, 3.8) is 0 Å². The van der Waals surface area contributed by atoms with E-state index in [0.717, 1.165) is 12.8 Å². The fourth-order valence-corrected chi connectivity index (χ4v) is 1.14. The van der Waals surface area contributed by atoms with E-state index in [1.807, 2.05) is 13.0 Å². The van der Waals surface area contributed by atoms with Crippen LogP contribution in [0.25, 0.3) is 0 Å². The minimum atomic E-state index is -0.831. The second-order valence-electron chi connectivity index (χ2n) is 3.32. The molecule has 0 fully saturated rings. The van der Waals surface area contributed by atoms with Crippen LogP contribution in [-0.4, -0.2) is 18.2 Å². The van der Waals surface area contributed by atoms with Gasteiger partial charge in [0.25, 0.3) is 5.91 Å². The molecule has 0 saturated carbocycles. The molecule has 0 heterocycles. The third-order valence-electron chi connectivity index (χ3n) is 2.01. The van der Waals surface area contributed by atoms with Gasteiger partial charge in [-0.25, -0.2) is 0 Å². The summed E-state index contributed by atoms with van der Waals surface area (Å²) in [5.74, 6) is -0.831. The summed E-state index contributed by atoms with van der Waals surface area (Å²) in [5, 5.41) is 3.71. The Bertz CT molecular complexity index is 361. The Morgan fingerprint density at radius 1 is 1.38 bits per heavy atom. The molecule has 0 aliphatic carbocycles. The molecule has 1 aromatic rings. The number of carbonyl (C=O) groups excluding carboxylic acids is 1. The first-order valence-electron chi connectivity index (χ1n) is 5.27. The van der Waals surface area contributed by atoms with Gasteiger partial charge in [-0.3, -0.25) is 10.5 Å². The Hall–Kier alpha value is -1.84. The molecule has 4 heteroatoms. The average molecular weight is 219 g/mol. The maximum absolute atomic E-state index is 11.1. The van der Waals surface area contributed by atoms with E-state index >= 15 is 0 Å². The zero-order chi connectivity index (χ0) is 11.8. The first-order valence-corrected chi connectivity index (χ1v) is 5.27. The van der Waals surface area contributed by atoms with Crippen LogP contribution in [0.15, 0.2) is 35.5 Å². The Morgan fingerprint density at radius 3 is 2.62 bits per heavy atom. The first-order chi connectivity index (χ1) is 7.75. The van der Waals surface area contributed by atoms with E-state index in [2.05, 4.69) is 5.16 Å². The Balaban J connectivity index is 2.72. The van der Waals surface area contributed by atoms with Gasteiger partial charge in [0.05, 0.1) is 0 Å². The smallest absolute Gasteiger partial charge is 0.292 e. The zero-order valence-electron chi connectivity index (χ0n) is 9.27. The van der Waals surface area contributed by atoms with Gasteiger partial charge in [-0.05, 0) is 6.42 Å². The van der Waals surface area contributed by atoms with Crippen molar-refractivity contribution in [2.75, 3.05) is 6.61 Å². The molecular formula is C12H15N2O2. The van der Waals surface area contributed by atoms with Crippen LogP contribution in [0.1, 0.15) is 25.3 Å². The van der Waals surface area contributed by atoms with Crippen LogP contribution < -0.4 is 5.73 Å². The summed E-state index contributed by atoms with van der Waals surface area (Å²) in [7, 11) is 0. The summed E-state index contributed by atoms with van der Waals surface area (Å²) in [6.07, 6.45) is 1.89. The molecule has 1 aromatic carbocycles. The largest absolute Gasteiger partial charge is 0.395 e. The SMILES string of the molecule is CCCCO/N=C(/C([NH])=O)c1ccccc1. The van der Waals surface area contributed by atoms with Crippen molar-refractivity contribution in [1.82, 2.24) is 5.73 Å². The van der Waals surface area contributed by atoms with Gasteiger partial charge in [0.2, 0.25) is 0 Å². The average Bonchev–Trinajstić information content (AvgIpc) is 2.30. The molecule has 1 N–H and O–H groups in total. The van der Waals surface area contributed by atoms with Crippen LogP contribution in [-0.2, 0) is 9.63 Å². The highest BCUT2D eigenvalue weighted by Crippen LogP contribution is 2.02. The molecule has 4 nitrogen and oxygen atoms in total. The van der Waals surface area contributed by atoms with E-state index in [0.29, 0.717) is 12.2 Å². The van der Waals surface area contributed by atoms with Crippen molar-refractivity contribution >= 4 is 11.6 Å². The van der Waals surface area contributed by atoms with Gasteiger partial charge in [0, 0.05) is 5.56 Å². The second kappa shape index (κ2) is 6.61. The number of unbranched alkanes of at least 4 members (excludes halogenated alkanes) is 1. The highest BCUT2D eigenvalue weighted by Gasteiger charge is 2.11. The van der Waals surface area contributed by atoms with E-state index in [9.17, 15) is 4.79 Å². The third kappa shape index (κ3) is 3.73. The zero-order valence-corrected chi connectivity index (χ0v) is 9.27. The van der Waals surface area contributed by atoms with Gasteiger partial charge in [0.1, 0.15) is 6.61 Å². The van der Waals surface area contributed by atoms with E-state index < -0.39 is 5.91 Å². The number of oxime groups is 1. The molecule has 0 aliphatic rings. The summed E-state index contributed by atoms with van der Waals surface area (Å²) >= 11 is 0. The molecule has 1 radical (unpaired) electrons. The number of carbonyl (C=O) groups is 1. The summed E-state index contributed by atoms with van der Waals surface area (Å²) in [5.41, 5.74) is 7.77. The fourth-order valence-electron chi connectivity index (χ4n) is 1.14. The fraction of sp³-hybridized carbons (Fsp3) is 0.333. The highest BCUT2D eigenvalue weighted by molar-refractivity contribution is 6.44. The highest BCUT2D eigenvalue weighted by atomic mass is 16.6. The quantitative estimate of drug-likeness (QED) is 0.417. The van der Waals surface area contributed by atoms with Gasteiger partial charge < -0.3 is 4.84 Å². The number of hydrogen-bond donors (Lipinski definition) is 0. The summed E-state index contributed by atoms with van der Waals surface area (Å²) in [4.78, 5) is 16.1. The molecule has 1 rings (SSSR count).